The number of nitrogens with zero attached hydrogens (tertiary/aromatic N) is 2. The average molecular weight is 298 g/mol. The molecule has 1 heterocycles. The number of azo groups is 1. The molecule has 2 unspecified atom stereocenters. The summed E-state index contributed by atoms with van der Waals surface area (Å²) >= 11 is 0. The Morgan fingerprint density at radius 2 is 1.68 bits per heavy atom. The van der Waals surface area contributed by atoms with Crippen LogP contribution in [0.3, 0.4) is 0 Å². The van der Waals surface area contributed by atoms with Crippen LogP contribution in [-0.4, -0.2) is 19.3 Å². The summed E-state index contributed by atoms with van der Waals surface area (Å²) in [5.74, 6) is 1.64. The number of aromatic hydroxyl groups is 1. The predicted molar refractivity (Wildman–Crippen MR) is 82.6 cm³/mol. The standard InChI is InChI=1S/C17H18N2O3/c1-21-16-8-7-11(9-17(16)22-2)13-10-14(19-18-13)12-5-3-4-6-15(12)20/h3-9,13-14,20H,10H2,1-2H3. The summed E-state index contributed by atoms with van der Waals surface area (Å²) in [6.45, 7) is 0. The van der Waals surface area contributed by atoms with E-state index in [-0.39, 0.29) is 17.8 Å². The molecule has 2 aromatic rings. The zero-order valence-corrected chi connectivity index (χ0v) is 12.6. The predicted octanol–water partition coefficient (Wildman–Crippen LogP) is 4.05. The van der Waals surface area contributed by atoms with Crippen LogP contribution in [0.25, 0.3) is 0 Å². The minimum absolute atomic E-state index is 0.0376. The highest BCUT2D eigenvalue weighted by molar-refractivity contribution is 5.44. The van der Waals surface area contributed by atoms with Crippen molar-refractivity contribution in [3.8, 4) is 17.2 Å². The van der Waals surface area contributed by atoms with Gasteiger partial charge in [-0.15, -0.1) is 0 Å². The van der Waals surface area contributed by atoms with E-state index in [2.05, 4.69) is 10.2 Å². The molecule has 5 heteroatoms. The summed E-state index contributed by atoms with van der Waals surface area (Å²) in [6, 6.07) is 12.9. The Kier molecular flexibility index (Phi) is 3.96. The molecule has 114 valence electrons. The topological polar surface area (TPSA) is 63.4 Å². The molecule has 0 aliphatic carbocycles. The van der Waals surface area contributed by atoms with Crippen LogP contribution in [0, 0.1) is 0 Å². The number of phenols is 1. The van der Waals surface area contributed by atoms with E-state index in [1.807, 2.05) is 30.3 Å². The van der Waals surface area contributed by atoms with Crippen LogP contribution in [0.15, 0.2) is 52.7 Å². The molecular formula is C17H18N2O3. The molecule has 0 saturated heterocycles. The lowest BCUT2D eigenvalue weighted by Gasteiger charge is -2.13. The molecule has 22 heavy (non-hydrogen) atoms. The largest absolute Gasteiger partial charge is 0.508 e. The van der Waals surface area contributed by atoms with E-state index >= 15 is 0 Å². The number of para-hydroxylation sites is 1. The fraction of sp³-hybridized carbons (Fsp3) is 0.294. The molecule has 0 spiro atoms. The molecular weight excluding hydrogens is 280 g/mol. The number of benzene rings is 2. The van der Waals surface area contributed by atoms with Crippen molar-refractivity contribution in [2.45, 2.75) is 18.5 Å². The molecule has 0 fully saturated rings. The first-order valence-corrected chi connectivity index (χ1v) is 7.12. The molecule has 0 amide bonds. The van der Waals surface area contributed by atoms with E-state index in [1.54, 1.807) is 26.4 Å². The van der Waals surface area contributed by atoms with Crippen LogP contribution in [-0.2, 0) is 0 Å². The van der Waals surface area contributed by atoms with Crippen molar-refractivity contribution in [1.29, 1.82) is 0 Å². The van der Waals surface area contributed by atoms with E-state index in [1.165, 1.54) is 0 Å². The highest BCUT2D eigenvalue weighted by Gasteiger charge is 2.27. The SMILES string of the molecule is COc1ccc(C2CC(c3ccccc3O)N=N2)cc1OC. The lowest BCUT2D eigenvalue weighted by Crippen LogP contribution is -1.98. The molecule has 1 aliphatic rings. The van der Waals surface area contributed by atoms with Gasteiger partial charge in [0.05, 0.1) is 20.3 Å². The molecule has 0 bridgehead atoms. The monoisotopic (exact) mass is 298 g/mol. The van der Waals surface area contributed by atoms with Gasteiger partial charge < -0.3 is 14.6 Å². The number of phenolic OH excluding ortho intramolecular Hbond substituents is 1. The van der Waals surface area contributed by atoms with Crippen molar-refractivity contribution in [2.75, 3.05) is 14.2 Å². The van der Waals surface area contributed by atoms with Crippen LogP contribution >= 0.6 is 0 Å². The third-order valence-electron chi connectivity index (χ3n) is 3.88. The Bertz CT molecular complexity index is 700. The van der Waals surface area contributed by atoms with E-state index in [9.17, 15) is 5.11 Å². The second kappa shape index (κ2) is 6.05. The molecule has 5 nitrogen and oxygen atoms in total. The quantitative estimate of drug-likeness (QED) is 0.926. The smallest absolute Gasteiger partial charge is 0.161 e. The third-order valence-corrected chi connectivity index (χ3v) is 3.88. The van der Waals surface area contributed by atoms with Gasteiger partial charge >= 0.3 is 0 Å². The van der Waals surface area contributed by atoms with Crippen LogP contribution in [0.2, 0.25) is 0 Å². The zero-order valence-electron chi connectivity index (χ0n) is 12.6. The van der Waals surface area contributed by atoms with Crippen molar-refractivity contribution >= 4 is 0 Å². The molecule has 1 N–H and O–H groups in total. The Morgan fingerprint density at radius 3 is 2.41 bits per heavy atom. The average Bonchev–Trinajstić information content (AvgIpc) is 3.04. The zero-order chi connectivity index (χ0) is 15.5. The van der Waals surface area contributed by atoms with Gasteiger partial charge in [0.25, 0.3) is 0 Å². The lowest BCUT2D eigenvalue weighted by atomic mass is 9.96. The van der Waals surface area contributed by atoms with Crippen LogP contribution in [0.1, 0.15) is 29.6 Å². The number of rotatable bonds is 4. The summed E-state index contributed by atoms with van der Waals surface area (Å²) in [5, 5.41) is 18.6. The van der Waals surface area contributed by atoms with Gasteiger partial charge in [0.2, 0.25) is 0 Å². The first-order chi connectivity index (χ1) is 10.7. The highest BCUT2D eigenvalue weighted by atomic mass is 16.5. The second-order valence-corrected chi connectivity index (χ2v) is 5.17. The Labute approximate surface area is 129 Å². The van der Waals surface area contributed by atoms with E-state index in [0.717, 1.165) is 17.5 Å². The van der Waals surface area contributed by atoms with Crippen LogP contribution in [0.5, 0.6) is 17.2 Å². The van der Waals surface area contributed by atoms with Gasteiger partial charge in [-0.2, -0.15) is 10.2 Å². The lowest BCUT2D eigenvalue weighted by molar-refractivity contribution is 0.354. The van der Waals surface area contributed by atoms with Gasteiger partial charge in [-0.3, -0.25) is 0 Å². The Morgan fingerprint density at radius 1 is 0.955 bits per heavy atom. The van der Waals surface area contributed by atoms with Gasteiger partial charge in [0.15, 0.2) is 11.5 Å². The normalized spacial score (nSPS) is 20.1. The molecule has 2 aromatic carbocycles. The molecule has 3 rings (SSSR count). The van der Waals surface area contributed by atoms with Crippen molar-refractivity contribution < 1.29 is 14.6 Å². The summed E-state index contributed by atoms with van der Waals surface area (Å²) in [5.41, 5.74) is 1.84. The van der Waals surface area contributed by atoms with Crippen molar-refractivity contribution in [1.82, 2.24) is 0 Å². The summed E-state index contributed by atoms with van der Waals surface area (Å²) in [4.78, 5) is 0. The van der Waals surface area contributed by atoms with Gasteiger partial charge in [-0.1, -0.05) is 24.3 Å². The molecule has 0 aromatic heterocycles. The maximum atomic E-state index is 9.94. The fourth-order valence-electron chi connectivity index (χ4n) is 2.69. The molecule has 0 saturated carbocycles. The van der Waals surface area contributed by atoms with Crippen molar-refractivity contribution in [3.63, 3.8) is 0 Å². The van der Waals surface area contributed by atoms with Crippen LogP contribution in [0.4, 0.5) is 0 Å². The number of methoxy groups -OCH3 is 2. The van der Waals surface area contributed by atoms with E-state index < -0.39 is 0 Å². The van der Waals surface area contributed by atoms with Gasteiger partial charge in [-0.25, -0.2) is 0 Å². The van der Waals surface area contributed by atoms with E-state index in [0.29, 0.717) is 11.5 Å². The number of hydrogen-bond acceptors (Lipinski definition) is 5. The van der Waals surface area contributed by atoms with Gasteiger partial charge in [0, 0.05) is 12.0 Å². The Hall–Kier alpha value is -2.56. The number of ether oxygens (including phenoxy) is 2. The minimum atomic E-state index is -0.112. The fourth-order valence-corrected chi connectivity index (χ4v) is 2.69. The molecule has 2 atom stereocenters. The van der Waals surface area contributed by atoms with Crippen molar-refractivity contribution in [3.05, 3.63) is 53.6 Å². The summed E-state index contributed by atoms with van der Waals surface area (Å²) in [6.07, 6.45) is 0.729. The van der Waals surface area contributed by atoms with E-state index in [4.69, 9.17) is 9.47 Å². The minimum Gasteiger partial charge on any atom is -0.508 e. The molecule has 1 aliphatic heterocycles. The maximum absolute atomic E-state index is 9.94. The molecule has 0 radical (unpaired) electrons. The first kappa shape index (κ1) is 14.4. The van der Waals surface area contributed by atoms with Crippen molar-refractivity contribution in [2.24, 2.45) is 10.2 Å². The Balaban J connectivity index is 1.82. The highest BCUT2D eigenvalue weighted by Crippen LogP contribution is 2.42. The third kappa shape index (κ3) is 2.62. The summed E-state index contributed by atoms with van der Waals surface area (Å²) < 4.78 is 10.6. The van der Waals surface area contributed by atoms with Gasteiger partial charge in [0.1, 0.15) is 11.8 Å². The second-order valence-electron chi connectivity index (χ2n) is 5.17. The van der Waals surface area contributed by atoms with Crippen LogP contribution < -0.4 is 9.47 Å². The maximum Gasteiger partial charge on any atom is 0.161 e. The number of hydrogen-bond donors (Lipinski definition) is 1. The van der Waals surface area contributed by atoms with Gasteiger partial charge in [-0.05, 0) is 23.8 Å². The summed E-state index contributed by atoms with van der Waals surface area (Å²) in [7, 11) is 3.23. The first-order valence-electron chi connectivity index (χ1n) is 7.12.